The number of nitrogens with one attached hydrogen (secondary N) is 1. The van der Waals surface area contributed by atoms with E-state index in [0.29, 0.717) is 0 Å². The van der Waals surface area contributed by atoms with Crippen LogP contribution in [0.15, 0.2) is 20.7 Å². The monoisotopic (exact) mass is 243 g/mol. The van der Waals surface area contributed by atoms with Gasteiger partial charge < -0.3 is 10.1 Å². The molecule has 10 heteroatoms. The Balaban J connectivity index is 3.03. The van der Waals surface area contributed by atoms with E-state index < -0.39 is 36.9 Å². The lowest BCUT2D eigenvalue weighted by atomic mass is 9.90. The second-order valence-corrected chi connectivity index (χ2v) is 3.41. The number of ether oxygens (including phenoxy) is 1. The standard InChI is InChI=1S/C7H9N5O5/c8-1-3-5(10-14)7(12-16)6(11-15)4(17-3)2-9-13/h1,3-8H,2H2/t3-,4?,5+,6-,7?/m0/s1. The van der Waals surface area contributed by atoms with Crippen molar-refractivity contribution in [3.8, 4) is 0 Å². The van der Waals surface area contributed by atoms with Gasteiger partial charge in [0.15, 0.2) is 6.04 Å². The van der Waals surface area contributed by atoms with Crippen LogP contribution in [0.4, 0.5) is 0 Å². The maximum absolute atomic E-state index is 10.6. The van der Waals surface area contributed by atoms with Crippen molar-refractivity contribution >= 4 is 6.21 Å². The molecule has 1 heterocycles. The zero-order valence-electron chi connectivity index (χ0n) is 8.50. The summed E-state index contributed by atoms with van der Waals surface area (Å²) < 4.78 is 5.09. The summed E-state index contributed by atoms with van der Waals surface area (Å²) in [5, 5.41) is 17.4. The minimum Gasteiger partial charge on any atom is -0.362 e. The fraction of sp³-hybridized carbons (Fsp3) is 0.857. The van der Waals surface area contributed by atoms with E-state index in [0.717, 1.165) is 6.21 Å². The summed E-state index contributed by atoms with van der Waals surface area (Å²) in [6.45, 7) is -0.418. The van der Waals surface area contributed by atoms with Gasteiger partial charge in [-0.05, 0) is 0 Å². The van der Waals surface area contributed by atoms with E-state index >= 15 is 0 Å². The molecule has 0 aromatic carbocycles. The molecule has 0 amide bonds. The Labute approximate surface area is 94.5 Å². The van der Waals surface area contributed by atoms with Crippen LogP contribution >= 0.6 is 0 Å². The van der Waals surface area contributed by atoms with Crippen LogP contribution in [0.1, 0.15) is 0 Å². The lowest BCUT2D eigenvalue weighted by Gasteiger charge is -2.35. The second kappa shape index (κ2) is 5.94. The van der Waals surface area contributed by atoms with Gasteiger partial charge in [0.05, 0.1) is 0 Å². The van der Waals surface area contributed by atoms with E-state index in [1.54, 1.807) is 0 Å². The molecule has 17 heavy (non-hydrogen) atoms. The van der Waals surface area contributed by atoms with Crippen LogP contribution in [0.3, 0.4) is 0 Å². The molecule has 0 saturated carbocycles. The molecule has 0 aromatic rings. The highest BCUT2D eigenvalue weighted by atomic mass is 16.5. The molecule has 0 aliphatic carbocycles. The van der Waals surface area contributed by atoms with E-state index in [2.05, 4.69) is 20.7 Å². The summed E-state index contributed by atoms with van der Waals surface area (Å²) in [4.78, 5) is 41.9. The number of hydrogen-bond donors (Lipinski definition) is 1. The van der Waals surface area contributed by atoms with Gasteiger partial charge in [-0.15, -0.1) is 0 Å². The molecule has 1 N–H and O–H groups in total. The first-order chi connectivity index (χ1) is 8.23. The van der Waals surface area contributed by atoms with Crippen molar-refractivity contribution in [3.05, 3.63) is 19.6 Å². The molecule has 1 fully saturated rings. The van der Waals surface area contributed by atoms with Crippen molar-refractivity contribution in [3.63, 3.8) is 0 Å². The fourth-order valence-electron chi connectivity index (χ4n) is 1.72. The van der Waals surface area contributed by atoms with Crippen molar-refractivity contribution in [2.24, 2.45) is 20.7 Å². The van der Waals surface area contributed by atoms with Crippen LogP contribution in [0.2, 0.25) is 0 Å². The van der Waals surface area contributed by atoms with Crippen molar-refractivity contribution in [1.29, 1.82) is 5.41 Å². The Kier molecular flexibility index (Phi) is 4.57. The smallest absolute Gasteiger partial charge is 0.151 e. The van der Waals surface area contributed by atoms with Crippen LogP contribution in [-0.2, 0) is 4.74 Å². The van der Waals surface area contributed by atoms with Gasteiger partial charge in [0, 0.05) is 6.21 Å². The first-order valence-electron chi connectivity index (χ1n) is 4.66. The average molecular weight is 243 g/mol. The number of nitroso groups, excluding NO2 is 4. The summed E-state index contributed by atoms with van der Waals surface area (Å²) >= 11 is 0. The largest absolute Gasteiger partial charge is 0.362 e. The minimum absolute atomic E-state index is 0.418. The molecule has 2 unspecified atom stereocenters. The highest BCUT2D eigenvalue weighted by Crippen LogP contribution is 2.27. The minimum atomic E-state index is -1.35. The summed E-state index contributed by atoms with van der Waals surface area (Å²) in [5.41, 5.74) is 0. The average Bonchev–Trinajstić information content (AvgIpc) is 2.37. The predicted octanol–water partition coefficient (Wildman–Crippen LogP) is 0.575. The van der Waals surface area contributed by atoms with Gasteiger partial charge in [-0.1, -0.05) is 20.7 Å². The van der Waals surface area contributed by atoms with E-state index in [1.165, 1.54) is 0 Å². The van der Waals surface area contributed by atoms with Gasteiger partial charge in [0.1, 0.15) is 30.8 Å². The first-order valence-corrected chi connectivity index (χ1v) is 4.66. The Hall–Kier alpha value is -1.97. The van der Waals surface area contributed by atoms with Crippen LogP contribution in [-0.4, -0.2) is 43.1 Å². The van der Waals surface area contributed by atoms with Crippen LogP contribution < -0.4 is 0 Å². The molecule has 10 nitrogen and oxygen atoms in total. The maximum Gasteiger partial charge on any atom is 0.151 e. The summed E-state index contributed by atoms with van der Waals surface area (Å²) in [7, 11) is 0. The molecular weight excluding hydrogens is 234 g/mol. The molecule has 0 aromatic heterocycles. The summed E-state index contributed by atoms with van der Waals surface area (Å²) in [6, 6.07) is -3.95. The molecule has 1 aliphatic heterocycles. The van der Waals surface area contributed by atoms with E-state index in [4.69, 9.17) is 10.1 Å². The van der Waals surface area contributed by atoms with Crippen molar-refractivity contribution in [2.45, 2.75) is 30.3 Å². The molecule has 0 radical (unpaired) electrons. The van der Waals surface area contributed by atoms with Gasteiger partial charge >= 0.3 is 0 Å². The van der Waals surface area contributed by atoms with Gasteiger partial charge in [0.2, 0.25) is 0 Å². The first kappa shape index (κ1) is 13.1. The zero-order valence-corrected chi connectivity index (χ0v) is 8.50. The fourth-order valence-corrected chi connectivity index (χ4v) is 1.72. The predicted molar refractivity (Wildman–Crippen MR) is 56.9 cm³/mol. The highest BCUT2D eigenvalue weighted by molar-refractivity contribution is 5.61. The van der Waals surface area contributed by atoms with Crippen molar-refractivity contribution in [2.75, 3.05) is 6.54 Å². The van der Waals surface area contributed by atoms with Crippen molar-refractivity contribution < 1.29 is 4.74 Å². The molecule has 0 spiro atoms. The maximum atomic E-state index is 10.6. The zero-order chi connectivity index (χ0) is 12.8. The molecule has 92 valence electrons. The molecule has 1 aliphatic rings. The molecule has 5 atom stereocenters. The second-order valence-electron chi connectivity index (χ2n) is 3.41. The normalized spacial score (nSPS) is 36.8. The van der Waals surface area contributed by atoms with Gasteiger partial charge in [0.25, 0.3) is 0 Å². The Morgan fingerprint density at radius 2 is 1.59 bits per heavy atom. The third-order valence-corrected chi connectivity index (χ3v) is 2.53. The Bertz CT molecular complexity index is 337. The quantitative estimate of drug-likeness (QED) is 0.534. The number of hydrogen-bond acceptors (Lipinski definition) is 10. The molecule has 0 bridgehead atoms. The van der Waals surface area contributed by atoms with E-state index in [-0.39, 0.29) is 0 Å². The van der Waals surface area contributed by atoms with E-state index in [1.807, 2.05) is 0 Å². The topological polar surface area (TPSA) is 151 Å². The molecule has 1 rings (SSSR count). The van der Waals surface area contributed by atoms with Gasteiger partial charge in [-0.3, -0.25) is 0 Å². The SMILES string of the molecule is N=C[C@@H]1OC(CN=O)[C@H](N=O)C(N=O)[C@@H]1N=O. The summed E-state index contributed by atoms with van der Waals surface area (Å²) in [5.74, 6) is 0. The number of nitrogens with zero attached hydrogens (tertiary/aromatic N) is 4. The third kappa shape index (κ3) is 2.41. The third-order valence-electron chi connectivity index (χ3n) is 2.53. The lowest BCUT2D eigenvalue weighted by Crippen LogP contribution is -2.56. The van der Waals surface area contributed by atoms with Crippen LogP contribution in [0.5, 0.6) is 0 Å². The summed E-state index contributed by atoms with van der Waals surface area (Å²) in [6.07, 6.45) is -1.43. The Morgan fingerprint density at radius 3 is 2.00 bits per heavy atom. The number of rotatable bonds is 6. The van der Waals surface area contributed by atoms with Crippen molar-refractivity contribution in [1.82, 2.24) is 0 Å². The van der Waals surface area contributed by atoms with Crippen LogP contribution in [0, 0.1) is 25.0 Å². The lowest BCUT2D eigenvalue weighted by molar-refractivity contribution is -0.0395. The van der Waals surface area contributed by atoms with Gasteiger partial charge in [-0.2, -0.15) is 19.6 Å². The molecular formula is C7H9N5O5. The molecule has 1 saturated heterocycles. The van der Waals surface area contributed by atoms with Crippen LogP contribution in [0.25, 0.3) is 0 Å². The van der Waals surface area contributed by atoms with Gasteiger partial charge in [-0.25, -0.2) is 0 Å². The highest BCUT2D eigenvalue weighted by Gasteiger charge is 2.48. The van der Waals surface area contributed by atoms with E-state index in [9.17, 15) is 19.6 Å². The Morgan fingerprint density at radius 1 is 1.00 bits per heavy atom.